The van der Waals surface area contributed by atoms with Crippen LogP contribution in [0.3, 0.4) is 0 Å². The number of ether oxygens (including phenoxy) is 2. The Kier molecular flexibility index (Phi) is 9.71. The Hall–Kier alpha value is -2.16. The molecule has 0 spiro atoms. The first-order valence-electron chi connectivity index (χ1n) is 6.18. The largest absolute Gasteiger partial charge is 0.508 e. The molecule has 0 radical (unpaired) electrons. The van der Waals surface area contributed by atoms with E-state index in [2.05, 4.69) is 0 Å². The number of hydrogen-bond acceptors (Lipinski definition) is 3. The van der Waals surface area contributed by atoms with Crippen molar-refractivity contribution in [2.24, 2.45) is 0 Å². The van der Waals surface area contributed by atoms with Crippen LogP contribution in [-0.2, 0) is 0 Å². The molecule has 2 aromatic carbocycles. The van der Waals surface area contributed by atoms with Crippen molar-refractivity contribution in [2.45, 2.75) is 13.8 Å². The van der Waals surface area contributed by atoms with E-state index in [0.717, 1.165) is 11.5 Å². The molecule has 0 saturated carbocycles. The van der Waals surface area contributed by atoms with Gasteiger partial charge in [0.25, 0.3) is 0 Å². The lowest BCUT2D eigenvalue weighted by atomic mass is 10.3. The summed E-state index contributed by atoms with van der Waals surface area (Å²) in [7, 11) is 3.25. The van der Waals surface area contributed by atoms with Gasteiger partial charge in [0.15, 0.2) is 0 Å². The van der Waals surface area contributed by atoms with E-state index in [4.69, 9.17) is 14.6 Å². The molecule has 0 heterocycles. The highest BCUT2D eigenvalue weighted by atomic mass is 16.5. The van der Waals surface area contributed by atoms with Crippen LogP contribution in [0.25, 0.3) is 0 Å². The van der Waals surface area contributed by atoms with Crippen LogP contribution >= 0.6 is 0 Å². The van der Waals surface area contributed by atoms with E-state index in [1.54, 1.807) is 38.5 Å². The highest BCUT2D eigenvalue weighted by Crippen LogP contribution is 2.14. The van der Waals surface area contributed by atoms with Crippen molar-refractivity contribution in [3.8, 4) is 17.2 Å². The molecule has 3 nitrogen and oxygen atoms in total. The van der Waals surface area contributed by atoms with Crippen molar-refractivity contribution < 1.29 is 14.6 Å². The summed E-state index contributed by atoms with van der Waals surface area (Å²) in [5, 5.41) is 8.80. The molecular formula is C16H22O3. The average Bonchev–Trinajstić information content (AvgIpc) is 2.51. The molecule has 0 saturated heterocycles. The number of methoxy groups -OCH3 is 2. The van der Waals surface area contributed by atoms with Crippen LogP contribution in [0.2, 0.25) is 0 Å². The van der Waals surface area contributed by atoms with Crippen LogP contribution in [-0.4, -0.2) is 19.3 Å². The molecule has 0 aliphatic heterocycles. The van der Waals surface area contributed by atoms with Crippen LogP contribution in [0.15, 0.2) is 54.6 Å². The summed E-state index contributed by atoms with van der Waals surface area (Å²) in [6.07, 6.45) is 0. The average molecular weight is 262 g/mol. The molecule has 0 aliphatic carbocycles. The molecule has 3 heteroatoms. The maximum atomic E-state index is 8.80. The SMILES string of the molecule is CC.COc1ccc(O)cc1.COc1ccccc1. The zero-order chi connectivity index (χ0) is 14.5. The number of benzene rings is 2. The van der Waals surface area contributed by atoms with Gasteiger partial charge in [-0.15, -0.1) is 0 Å². The molecule has 2 aromatic rings. The highest BCUT2D eigenvalue weighted by molar-refractivity contribution is 5.29. The lowest BCUT2D eigenvalue weighted by Crippen LogP contribution is -1.79. The molecule has 0 unspecified atom stereocenters. The van der Waals surface area contributed by atoms with Crippen molar-refractivity contribution >= 4 is 0 Å². The molecule has 0 fully saturated rings. The van der Waals surface area contributed by atoms with Crippen molar-refractivity contribution in [3.05, 3.63) is 54.6 Å². The normalized spacial score (nSPS) is 8.21. The van der Waals surface area contributed by atoms with E-state index in [1.165, 1.54) is 0 Å². The third kappa shape index (κ3) is 7.71. The van der Waals surface area contributed by atoms with E-state index < -0.39 is 0 Å². The molecule has 0 aliphatic rings. The molecule has 104 valence electrons. The van der Waals surface area contributed by atoms with Gasteiger partial charge in [-0.1, -0.05) is 32.0 Å². The third-order valence-electron chi connectivity index (χ3n) is 2.05. The van der Waals surface area contributed by atoms with Gasteiger partial charge < -0.3 is 14.6 Å². The fourth-order valence-electron chi connectivity index (χ4n) is 1.14. The van der Waals surface area contributed by atoms with Crippen LogP contribution in [0.5, 0.6) is 17.2 Å². The molecule has 0 aromatic heterocycles. The van der Waals surface area contributed by atoms with Crippen molar-refractivity contribution in [2.75, 3.05) is 14.2 Å². The third-order valence-corrected chi connectivity index (χ3v) is 2.05. The Morgan fingerprint density at radius 1 is 0.684 bits per heavy atom. The molecular weight excluding hydrogens is 240 g/mol. The summed E-state index contributed by atoms with van der Waals surface area (Å²) in [6.45, 7) is 4.00. The first-order chi connectivity index (χ1) is 9.26. The van der Waals surface area contributed by atoms with Crippen LogP contribution in [0, 0.1) is 0 Å². The number of phenols is 1. The molecule has 19 heavy (non-hydrogen) atoms. The molecule has 1 N–H and O–H groups in total. The van der Waals surface area contributed by atoms with Gasteiger partial charge in [-0.2, -0.15) is 0 Å². The summed E-state index contributed by atoms with van der Waals surface area (Å²) in [6, 6.07) is 16.3. The van der Waals surface area contributed by atoms with E-state index in [9.17, 15) is 0 Å². The smallest absolute Gasteiger partial charge is 0.119 e. The van der Waals surface area contributed by atoms with Gasteiger partial charge in [-0.05, 0) is 36.4 Å². The first kappa shape index (κ1) is 16.8. The number of hydrogen-bond donors (Lipinski definition) is 1. The Morgan fingerprint density at radius 2 is 1.11 bits per heavy atom. The van der Waals surface area contributed by atoms with Gasteiger partial charge in [0.05, 0.1) is 14.2 Å². The van der Waals surface area contributed by atoms with Crippen LogP contribution in [0.4, 0.5) is 0 Å². The molecule has 0 amide bonds. The van der Waals surface area contributed by atoms with Gasteiger partial charge in [0.2, 0.25) is 0 Å². The second-order valence-electron chi connectivity index (χ2n) is 3.22. The number of phenolic OH excluding ortho intramolecular Hbond substituents is 1. The highest BCUT2D eigenvalue weighted by Gasteiger charge is 1.87. The Bertz CT molecular complexity index is 410. The van der Waals surface area contributed by atoms with Gasteiger partial charge in [0, 0.05) is 0 Å². The zero-order valence-electron chi connectivity index (χ0n) is 12.0. The fourth-order valence-corrected chi connectivity index (χ4v) is 1.14. The summed E-state index contributed by atoms with van der Waals surface area (Å²) in [5.41, 5.74) is 0. The van der Waals surface area contributed by atoms with E-state index >= 15 is 0 Å². The van der Waals surface area contributed by atoms with Gasteiger partial charge in [0.1, 0.15) is 17.2 Å². The molecule has 0 atom stereocenters. The topological polar surface area (TPSA) is 38.7 Å². The summed E-state index contributed by atoms with van der Waals surface area (Å²) < 4.78 is 9.77. The maximum absolute atomic E-state index is 8.80. The van der Waals surface area contributed by atoms with Crippen molar-refractivity contribution in [1.29, 1.82) is 0 Å². The molecule has 2 rings (SSSR count). The number of aromatic hydroxyl groups is 1. The Labute approximate surface area is 115 Å². The van der Waals surface area contributed by atoms with E-state index in [1.807, 2.05) is 44.2 Å². The summed E-state index contributed by atoms with van der Waals surface area (Å²) >= 11 is 0. The summed E-state index contributed by atoms with van der Waals surface area (Å²) in [5.74, 6) is 1.93. The first-order valence-corrected chi connectivity index (χ1v) is 6.18. The Balaban J connectivity index is 0.000000303. The fraction of sp³-hybridized carbons (Fsp3) is 0.250. The lowest BCUT2D eigenvalue weighted by molar-refractivity contribution is 0.412. The minimum atomic E-state index is 0.260. The zero-order valence-corrected chi connectivity index (χ0v) is 12.0. The quantitative estimate of drug-likeness (QED) is 0.884. The lowest BCUT2D eigenvalue weighted by Gasteiger charge is -1.96. The van der Waals surface area contributed by atoms with Crippen LogP contribution < -0.4 is 9.47 Å². The number of para-hydroxylation sites is 1. The van der Waals surface area contributed by atoms with E-state index in [-0.39, 0.29) is 5.75 Å². The second kappa shape index (κ2) is 11.0. The Morgan fingerprint density at radius 3 is 1.47 bits per heavy atom. The molecule has 0 bridgehead atoms. The van der Waals surface area contributed by atoms with Crippen molar-refractivity contribution in [3.63, 3.8) is 0 Å². The van der Waals surface area contributed by atoms with Gasteiger partial charge >= 0.3 is 0 Å². The maximum Gasteiger partial charge on any atom is 0.119 e. The number of rotatable bonds is 2. The minimum absolute atomic E-state index is 0.260. The monoisotopic (exact) mass is 262 g/mol. The summed E-state index contributed by atoms with van der Waals surface area (Å²) in [4.78, 5) is 0. The standard InChI is InChI=1S/C7H8O2.C7H8O.C2H6/c1-9-7-4-2-6(8)3-5-7;1-8-7-5-3-2-4-6-7;1-2/h2-5,8H,1H3;2-6H,1H3;1-2H3. The predicted molar refractivity (Wildman–Crippen MR) is 79.0 cm³/mol. The van der Waals surface area contributed by atoms with Gasteiger partial charge in [-0.3, -0.25) is 0 Å². The minimum Gasteiger partial charge on any atom is -0.508 e. The predicted octanol–water partition coefficient (Wildman–Crippen LogP) is 4.12. The van der Waals surface area contributed by atoms with Crippen LogP contribution in [0.1, 0.15) is 13.8 Å². The second-order valence-corrected chi connectivity index (χ2v) is 3.22. The van der Waals surface area contributed by atoms with Gasteiger partial charge in [-0.25, -0.2) is 0 Å². The van der Waals surface area contributed by atoms with E-state index in [0.29, 0.717) is 0 Å². The van der Waals surface area contributed by atoms with Crippen molar-refractivity contribution in [1.82, 2.24) is 0 Å².